The van der Waals surface area contributed by atoms with Gasteiger partial charge in [-0.05, 0) is 19.4 Å². The van der Waals surface area contributed by atoms with Crippen molar-refractivity contribution < 1.29 is 0 Å². The second-order valence-electron chi connectivity index (χ2n) is 2.71. The van der Waals surface area contributed by atoms with Gasteiger partial charge in [-0.15, -0.1) is 0 Å². The van der Waals surface area contributed by atoms with Crippen LogP contribution in [0.2, 0.25) is 5.15 Å². The highest BCUT2D eigenvalue weighted by atomic mass is 35.5. The van der Waals surface area contributed by atoms with Gasteiger partial charge in [0.1, 0.15) is 5.15 Å². The van der Waals surface area contributed by atoms with Crippen LogP contribution in [0.15, 0.2) is 0 Å². The second-order valence-corrected chi connectivity index (χ2v) is 3.07. The van der Waals surface area contributed by atoms with Crippen LogP contribution in [0.4, 0.5) is 5.69 Å². The number of hydrogen-bond acceptors (Lipinski definition) is 3. The quantitative estimate of drug-likeness (QED) is 0.650. The van der Waals surface area contributed by atoms with Crippen molar-refractivity contribution in [3.05, 3.63) is 22.0 Å². The van der Waals surface area contributed by atoms with Gasteiger partial charge >= 0.3 is 0 Å². The van der Waals surface area contributed by atoms with E-state index < -0.39 is 0 Å². The Labute approximate surface area is 76.7 Å². The molecule has 0 saturated heterocycles. The van der Waals surface area contributed by atoms with Crippen molar-refractivity contribution in [2.24, 2.45) is 5.73 Å². The Balaban J connectivity index is 3.40. The molecule has 12 heavy (non-hydrogen) atoms. The first kappa shape index (κ1) is 9.29. The number of nitrogens with two attached hydrogens (primary N) is 2. The molecule has 1 aromatic rings. The summed E-state index contributed by atoms with van der Waals surface area (Å²) in [6, 6.07) is 0. The van der Waals surface area contributed by atoms with Gasteiger partial charge in [-0.1, -0.05) is 11.6 Å². The molecule has 4 N–H and O–H groups in total. The summed E-state index contributed by atoms with van der Waals surface area (Å²) < 4.78 is 0. The predicted octanol–water partition coefficient (Wildman–Crippen LogP) is 1.39. The van der Waals surface area contributed by atoms with Crippen molar-refractivity contribution in [2.75, 3.05) is 5.73 Å². The zero-order valence-corrected chi connectivity index (χ0v) is 7.94. The molecule has 66 valence electrons. The van der Waals surface area contributed by atoms with E-state index in [1.54, 1.807) is 0 Å². The van der Waals surface area contributed by atoms with E-state index >= 15 is 0 Å². The Hall–Kier alpha value is -0.800. The zero-order chi connectivity index (χ0) is 9.30. The normalized spacial score (nSPS) is 10.3. The fourth-order valence-corrected chi connectivity index (χ4v) is 1.45. The molecule has 1 heterocycles. The Kier molecular flexibility index (Phi) is 2.55. The third kappa shape index (κ3) is 1.38. The van der Waals surface area contributed by atoms with Crippen LogP contribution in [0.25, 0.3) is 0 Å². The van der Waals surface area contributed by atoms with Gasteiger partial charge in [0, 0.05) is 12.1 Å². The molecule has 4 heteroatoms. The van der Waals surface area contributed by atoms with Gasteiger partial charge in [0.25, 0.3) is 0 Å². The van der Waals surface area contributed by atoms with E-state index in [0.29, 0.717) is 17.4 Å². The van der Waals surface area contributed by atoms with Crippen molar-refractivity contribution in [2.45, 2.75) is 20.4 Å². The van der Waals surface area contributed by atoms with Crippen LogP contribution in [-0.2, 0) is 6.54 Å². The van der Waals surface area contributed by atoms with Gasteiger partial charge in [0.2, 0.25) is 0 Å². The van der Waals surface area contributed by atoms with Gasteiger partial charge < -0.3 is 11.5 Å². The van der Waals surface area contributed by atoms with Crippen LogP contribution in [0.3, 0.4) is 0 Å². The molecule has 3 nitrogen and oxygen atoms in total. The first-order chi connectivity index (χ1) is 5.57. The van der Waals surface area contributed by atoms with Gasteiger partial charge in [0.05, 0.1) is 11.4 Å². The summed E-state index contributed by atoms with van der Waals surface area (Å²) in [6.07, 6.45) is 0. The molecule has 0 spiro atoms. The molecule has 0 aliphatic carbocycles. The third-order valence-electron chi connectivity index (χ3n) is 1.97. The lowest BCUT2D eigenvalue weighted by Gasteiger charge is -2.10. The highest BCUT2D eigenvalue weighted by Gasteiger charge is 2.09. The lowest BCUT2D eigenvalue weighted by molar-refractivity contribution is 1.01. The smallest absolute Gasteiger partial charge is 0.134 e. The Bertz CT molecular complexity index is 310. The molecular formula is C8H12ClN3. The van der Waals surface area contributed by atoms with Gasteiger partial charge in [-0.3, -0.25) is 0 Å². The number of hydrogen-bond donors (Lipinski definition) is 2. The number of rotatable bonds is 1. The van der Waals surface area contributed by atoms with Crippen molar-refractivity contribution >= 4 is 17.3 Å². The molecule has 0 aromatic carbocycles. The summed E-state index contributed by atoms with van der Waals surface area (Å²) in [6.45, 7) is 4.11. The fourth-order valence-electron chi connectivity index (χ4n) is 1.10. The molecule has 0 aliphatic heterocycles. The highest BCUT2D eigenvalue weighted by Crippen LogP contribution is 2.24. The summed E-state index contributed by atoms with van der Waals surface area (Å²) >= 11 is 5.86. The third-order valence-corrected chi connectivity index (χ3v) is 2.28. The second kappa shape index (κ2) is 3.29. The van der Waals surface area contributed by atoms with Gasteiger partial charge in [0.15, 0.2) is 0 Å². The van der Waals surface area contributed by atoms with Gasteiger partial charge in [-0.25, -0.2) is 4.98 Å². The van der Waals surface area contributed by atoms with Crippen LogP contribution < -0.4 is 11.5 Å². The number of anilines is 1. The molecule has 0 radical (unpaired) electrons. The molecule has 0 atom stereocenters. The van der Waals surface area contributed by atoms with Crippen LogP contribution >= 0.6 is 11.6 Å². The maximum atomic E-state index is 5.86. The summed E-state index contributed by atoms with van der Waals surface area (Å²) in [5.41, 5.74) is 14.5. The van der Waals surface area contributed by atoms with Crippen molar-refractivity contribution in [3.8, 4) is 0 Å². The van der Waals surface area contributed by atoms with E-state index in [1.807, 2.05) is 13.8 Å². The molecule has 0 fully saturated rings. The fraction of sp³-hybridized carbons (Fsp3) is 0.375. The number of nitrogens with zero attached hydrogens (tertiary/aromatic N) is 1. The number of aromatic nitrogens is 1. The number of pyridine rings is 1. The highest BCUT2D eigenvalue weighted by molar-refractivity contribution is 6.30. The largest absolute Gasteiger partial charge is 0.397 e. The minimum absolute atomic E-state index is 0.377. The monoisotopic (exact) mass is 185 g/mol. The molecule has 0 unspecified atom stereocenters. The standard InChI is InChI=1S/C8H12ClN3/c1-4-6(3-10)8(9)12-5(2)7(4)11/h3,10-11H2,1-2H3. The van der Waals surface area contributed by atoms with Crippen molar-refractivity contribution in [1.29, 1.82) is 0 Å². The summed E-state index contributed by atoms with van der Waals surface area (Å²) in [5, 5.41) is 0.460. The van der Waals surface area contributed by atoms with Crippen molar-refractivity contribution in [3.63, 3.8) is 0 Å². The maximum absolute atomic E-state index is 5.86. The minimum Gasteiger partial charge on any atom is -0.397 e. The average Bonchev–Trinajstić information content (AvgIpc) is 2.01. The minimum atomic E-state index is 0.377. The van der Waals surface area contributed by atoms with E-state index in [1.165, 1.54) is 0 Å². The van der Waals surface area contributed by atoms with E-state index in [9.17, 15) is 0 Å². The summed E-state index contributed by atoms with van der Waals surface area (Å²) in [7, 11) is 0. The van der Waals surface area contributed by atoms with E-state index in [4.69, 9.17) is 23.1 Å². The lowest BCUT2D eigenvalue weighted by Crippen LogP contribution is -2.06. The molecule has 0 saturated carbocycles. The topological polar surface area (TPSA) is 64.9 Å². The van der Waals surface area contributed by atoms with Gasteiger partial charge in [-0.2, -0.15) is 0 Å². The molecule has 0 bridgehead atoms. The summed E-state index contributed by atoms with van der Waals surface area (Å²) in [4.78, 5) is 4.07. The number of aryl methyl sites for hydroxylation is 1. The first-order valence-electron chi connectivity index (χ1n) is 3.69. The lowest BCUT2D eigenvalue weighted by atomic mass is 10.1. The van der Waals surface area contributed by atoms with E-state index in [2.05, 4.69) is 4.98 Å². The van der Waals surface area contributed by atoms with E-state index in [0.717, 1.165) is 16.8 Å². The molecule has 1 aromatic heterocycles. The predicted molar refractivity (Wildman–Crippen MR) is 51.0 cm³/mol. The number of nitrogen functional groups attached to an aromatic ring is 1. The Morgan fingerprint density at radius 1 is 1.42 bits per heavy atom. The molecular weight excluding hydrogens is 174 g/mol. The SMILES string of the molecule is Cc1nc(Cl)c(CN)c(C)c1N. The van der Waals surface area contributed by atoms with Crippen LogP contribution in [0.5, 0.6) is 0 Å². The summed E-state index contributed by atoms with van der Waals surface area (Å²) in [5.74, 6) is 0. The Morgan fingerprint density at radius 2 is 2.00 bits per heavy atom. The first-order valence-corrected chi connectivity index (χ1v) is 4.06. The van der Waals surface area contributed by atoms with Crippen LogP contribution in [-0.4, -0.2) is 4.98 Å². The average molecular weight is 186 g/mol. The van der Waals surface area contributed by atoms with Crippen LogP contribution in [0, 0.1) is 13.8 Å². The zero-order valence-electron chi connectivity index (χ0n) is 7.19. The van der Waals surface area contributed by atoms with Crippen molar-refractivity contribution in [1.82, 2.24) is 4.98 Å². The van der Waals surface area contributed by atoms with Crippen LogP contribution in [0.1, 0.15) is 16.8 Å². The van der Waals surface area contributed by atoms with E-state index in [-0.39, 0.29) is 0 Å². The molecule has 1 rings (SSSR count). The molecule has 0 amide bonds. The number of halogens is 1. The molecule has 0 aliphatic rings. The Morgan fingerprint density at radius 3 is 2.50 bits per heavy atom. The maximum Gasteiger partial charge on any atom is 0.134 e.